The van der Waals surface area contributed by atoms with Crippen LogP contribution in [0.3, 0.4) is 0 Å². The molecule has 0 spiro atoms. The second kappa shape index (κ2) is 5.78. The summed E-state index contributed by atoms with van der Waals surface area (Å²) in [5.41, 5.74) is 5.34. The van der Waals surface area contributed by atoms with Gasteiger partial charge in [-0.05, 0) is 12.0 Å². The average Bonchev–Trinajstić information content (AvgIpc) is 3.17. The molecule has 1 saturated carbocycles. The quantitative estimate of drug-likeness (QED) is 0.563. The van der Waals surface area contributed by atoms with Crippen molar-refractivity contribution < 1.29 is 19.5 Å². The van der Waals surface area contributed by atoms with Crippen molar-refractivity contribution in [1.29, 1.82) is 0 Å². The number of carboxylic acid groups (broad SMARTS) is 1. The van der Waals surface area contributed by atoms with Gasteiger partial charge in [0.25, 0.3) is 5.91 Å². The molecule has 0 bridgehead atoms. The molecule has 2 amide bonds. The van der Waals surface area contributed by atoms with Gasteiger partial charge in [0.1, 0.15) is 0 Å². The highest BCUT2D eigenvalue weighted by atomic mass is 16.4. The second-order valence-corrected chi connectivity index (χ2v) is 5.19. The van der Waals surface area contributed by atoms with Gasteiger partial charge in [0, 0.05) is 23.5 Å². The van der Waals surface area contributed by atoms with Crippen LogP contribution >= 0.6 is 0 Å². The number of hydrazine groups is 1. The van der Waals surface area contributed by atoms with Crippen LogP contribution in [0.25, 0.3) is 0 Å². The largest absolute Gasteiger partial charge is 0.478 e. The highest BCUT2D eigenvalue weighted by Crippen LogP contribution is 2.53. The van der Waals surface area contributed by atoms with E-state index in [1.54, 1.807) is 0 Å². The standard InChI is InChI=1S/C15H16N2O4/c1-15(10-5-3-2-4-6-10)9-11(15)14(21)17-16-12(18)7-8-13(19)20/h2-8,11H,9H2,1H3,(H,16,18)(H,17,21)(H,19,20)/t11-,15-/m0/s1. The van der Waals surface area contributed by atoms with Crippen LogP contribution < -0.4 is 10.9 Å². The third kappa shape index (κ3) is 3.47. The Morgan fingerprint density at radius 2 is 1.86 bits per heavy atom. The average molecular weight is 288 g/mol. The minimum atomic E-state index is -1.23. The van der Waals surface area contributed by atoms with Gasteiger partial charge in [-0.2, -0.15) is 0 Å². The Morgan fingerprint density at radius 1 is 1.19 bits per heavy atom. The molecule has 0 aromatic heterocycles. The molecule has 1 aromatic carbocycles. The summed E-state index contributed by atoms with van der Waals surface area (Å²) < 4.78 is 0. The third-order valence-corrected chi connectivity index (χ3v) is 3.67. The van der Waals surface area contributed by atoms with Crippen molar-refractivity contribution in [2.24, 2.45) is 5.92 Å². The van der Waals surface area contributed by atoms with Crippen LogP contribution in [0.2, 0.25) is 0 Å². The van der Waals surface area contributed by atoms with E-state index in [9.17, 15) is 14.4 Å². The van der Waals surface area contributed by atoms with Crippen molar-refractivity contribution in [2.75, 3.05) is 0 Å². The summed E-state index contributed by atoms with van der Waals surface area (Å²) in [6.07, 6.45) is 2.25. The van der Waals surface area contributed by atoms with E-state index in [1.165, 1.54) is 0 Å². The van der Waals surface area contributed by atoms with Crippen LogP contribution in [0.5, 0.6) is 0 Å². The molecule has 110 valence electrons. The first-order valence-corrected chi connectivity index (χ1v) is 6.50. The van der Waals surface area contributed by atoms with E-state index in [0.29, 0.717) is 12.5 Å². The maximum atomic E-state index is 12.0. The van der Waals surface area contributed by atoms with Gasteiger partial charge in [0.15, 0.2) is 0 Å². The summed E-state index contributed by atoms with van der Waals surface area (Å²) in [4.78, 5) is 33.5. The molecule has 1 fully saturated rings. The molecule has 0 radical (unpaired) electrons. The molecule has 1 aliphatic carbocycles. The number of benzene rings is 1. The molecule has 6 heteroatoms. The lowest BCUT2D eigenvalue weighted by atomic mass is 9.95. The lowest BCUT2D eigenvalue weighted by Gasteiger charge is -2.12. The maximum Gasteiger partial charge on any atom is 0.328 e. The predicted molar refractivity (Wildman–Crippen MR) is 75.0 cm³/mol. The van der Waals surface area contributed by atoms with Crippen LogP contribution in [-0.2, 0) is 19.8 Å². The van der Waals surface area contributed by atoms with Gasteiger partial charge in [0.05, 0.1) is 0 Å². The number of aliphatic carboxylic acids is 1. The van der Waals surface area contributed by atoms with Crippen molar-refractivity contribution in [3.8, 4) is 0 Å². The predicted octanol–water partition coefficient (Wildman–Crippen LogP) is 0.752. The zero-order valence-electron chi connectivity index (χ0n) is 11.5. The highest BCUT2D eigenvalue weighted by molar-refractivity contribution is 5.95. The Labute approximate surface area is 121 Å². The summed E-state index contributed by atoms with van der Waals surface area (Å²) in [6.45, 7) is 2.00. The number of carbonyl (C=O) groups is 3. The monoisotopic (exact) mass is 288 g/mol. The first kappa shape index (κ1) is 14.8. The lowest BCUT2D eigenvalue weighted by molar-refractivity contribution is -0.131. The molecule has 0 saturated heterocycles. The van der Waals surface area contributed by atoms with E-state index < -0.39 is 11.9 Å². The molecule has 0 unspecified atom stereocenters. The molecule has 3 N–H and O–H groups in total. The van der Waals surface area contributed by atoms with E-state index in [4.69, 9.17) is 5.11 Å². The molecule has 2 atom stereocenters. The van der Waals surface area contributed by atoms with Gasteiger partial charge in [0.2, 0.25) is 5.91 Å². The molecule has 6 nitrogen and oxygen atoms in total. The SMILES string of the molecule is C[C@@]1(c2ccccc2)C[C@H]1C(=O)NNC(=O)C=CC(=O)O. The summed E-state index contributed by atoms with van der Waals surface area (Å²) in [5.74, 6) is -2.40. The molecular formula is C15H16N2O4. The van der Waals surface area contributed by atoms with Crippen LogP contribution in [0.15, 0.2) is 42.5 Å². The number of rotatable bonds is 4. The van der Waals surface area contributed by atoms with E-state index in [-0.39, 0.29) is 17.2 Å². The maximum absolute atomic E-state index is 12.0. The molecule has 1 aromatic rings. The minimum absolute atomic E-state index is 0.205. The van der Waals surface area contributed by atoms with Crippen molar-refractivity contribution in [2.45, 2.75) is 18.8 Å². The van der Waals surface area contributed by atoms with Crippen LogP contribution in [0.1, 0.15) is 18.9 Å². The molecule has 2 rings (SSSR count). The van der Waals surface area contributed by atoms with Crippen LogP contribution in [0, 0.1) is 5.92 Å². The fraction of sp³-hybridized carbons (Fsp3) is 0.267. The van der Waals surface area contributed by atoms with Crippen molar-refractivity contribution >= 4 is 17.8 Å². The Morgan fingerprint density at radius 3 is 2.48 bits per heavy atom. The van der Waals surface area contributed by atoms with E-state index in [0.717, 1.165) is 11.6 Å². The normalized spacial score (nSPS) is 23.6. The summed E-state index contributed by atoms with van der Waals surface area (Å²) in [6, 6.07) is 9.71. The third-order valence-electron chi connectivity index (χ3n) is 3.67. The second-order valence-electron chi connectivity index (χ2n) is 5.19. The van der Waals surface area contributed by atoms with Crippen molar-refractivity contribution in [1.82, 2.24) is 10.9 Å². The number of hydrogen-bond acceptors (Lipinski definition) is 3. The highest BCUT2D eigenvalue weighted by Gasteiger charge is 2.55. The first-order valence-electron chi connectivity index (χ1n) is 6.50. The molecule has 0 aliphatic heterocycles. The summed E-state index contributed by atoms with van der Waals surface area (Å²) in [5, 5.41) is 8.38. The Balaban J connectivity index is 1.86. The molecule has 1 aliphatic rings. The van der Waals surface area contributed by atoms with Crippen LogP contribution in [0.4, 0.5) is 0 Å². The van der Waals surface area contributed by atoms with E-state index in [1.807, 2.05) is 37.3 Å². The summed E-state index contributed by atoms with van der Waals surface area (Å²) in [7, 11) is 0. The van der Waals surface area contributed by atoms with Gasteiger partial charge in [-0.25, -0.2) is 4.79 Å². The number of nitrogens with one attached hydrogen (secondary N) is 2. The van der Waals surface area contributed by atoms with Crippen LogP contribution in [-0.4, -0.2) is 22.9 Å². The fourth-order valence-electron chi connectivity index (χ4n) is 2.28. The van der Waals surface area contributed by atoms with Gasteiger partial charge < -0.3 is 5.11 Å². The lowest BCUT2D eigenvalue weighted by Crippen LogP contribution is -2.42. The van der Waals surface area contributed by atoms with E-state index in [2.05, 4.69) is 10.9 Å². The van der Waals surface area contributed by atoms with Gasteiger partial charge in [-0.3, -0.25) is 20.4 Å². The number of hydrogen-bond donors (Lipinski definition) is 3. The Kier molecular flexibility index (Phi) is 4.07. The zero-order valence-corrected chi connectivity index (χ0v) is 11.5. The Hall–Kier alpha value is -2.63. The number of carbonyl (C=O) groups excluding carboxylic acids is 2. The number of carboxylic acids is 1. The zero-order chi connectivity index (χ0) is 15.5. The first-order chi connectivity index (χ1) is 9.93. The number of amides is 2. The summed E-state index contributed by atoms with van der Waals surface area (Å²) >= 11 is 0. The minimum Gasteiger partial charge on any atom is -0.478 e. The smallest absolute Gasteiger partial charge is 0.328 e. The Bertz CT molecular complexity index is 597. The van der Waals surface area contributed by atoms with Crippen molar-refractivity contribution in [3.63, 3.8) is 0 Å². The van der Waals surface area contributed by atoms with Gasteiger partial charge in [-0.15, -0.1) is 0 Å². The topological polar surface area (TPSA) is 95.5 Å². The van der Waals surface area contributed by atoms with Crippen molar-refractivity contribution in [3.05, 3.63) is 48.0 Å². The fourth-order valence-corrected chi connectivity index (χ4v) is 2.28. The van der Waals surface area contributed by atoms with Gasteiger partial charge in [-0.1, -0.05) is 37.3 Å². The molecule has 21 heavy (non-hydrogen) atoms. The van der Waals surface area contributed by atoms with Gasteiger partial charge >= 0.3 is 5.97 Å². The van der Waals surface area contributed by atoms with E-state index >= 15 is 0 Å². The molecular weight excluding hydrogens is 272 g/mol. The molecule has 0 heterocycles.